The highest BCUT2D eigenvalue weighted by Crippen LogP contribution is 2.28. The van der Waals surface area contributed by atoms with Gasteiger partial charge in [-0.15, -0.1) is 0 Å². The quantitative estimate of drug-likeness (QED) is 0.817. The summed E-state index contributed by atoms with van der Waals surface area (Å²) in [6, 6.07) is 16.0. The van der Waals surface area contributed by atoms with Gasteiger partial charge in [0.05, 0.1) is 12.8 Å². The number of para-hydroxylation sites is 2. The number of amides is 1. The van der Waals surface area contributed by atoms with Gasteiger partial charge in [-0.1, -0.05) is 31.2 Å². The van der Waals surface area contributed by atoms with Crippen molar-refractivity contribution in [3.63, 3.8) is 0 Å². The van der Waals surface area contributed by atoms with E-state index in [1.165, 1.54) is 5.56 Å². The lowest BCUT2D eigenvalue weighted by Gasteiger charge is -2.36. The van der Waals surface area contributed by atoms with E-state index in [0.717, 1.165) is 56.1 Å². The number of carbonyl (C=O) groups excluding carboxylic acids is 1. The van der Waals surface area contributed by atoms with Crippen LogP contribution in [0.4, 0.5) is 5.69 Å². The molecule has 0 spiro atoms. The van der Waals surface area contributed by atoms with Crippen molar-refractivity contribution >= 4 is 11.6 Å². The first kappa shape index (κ1) is 19.2. The first-order valence-corrected chi connectivity index (χ1v) is 9.68. The Balaban J connectivity index is 1.42. The molecule has 1 aliphatic heterocycles. The molecule has 3 rings (SSSR count). The smallest absolute Gasteiger partial charge is 0.251 e. The van der Waals surface area contributed by atoms with Crippen LogP contribution in [0.1, 0.15) is 22.8 Å². The Morgan fingerprint density at radius 1 is 1.04 bits per heavy atom. The van der Waals surface area contributed by atoms with Crippen LogP contribution < -0.4 is 15.0 Å². The molecule has 0 saturated carbocycles. The molecule has 1 N–H and O–H groups in total. The second-order valence-electron chi connectivity index (χ2n) is 6.81. The number of carbonyl (C=O) groups is 1. The number of methoxy groups -OCH3 is 1. The van der Waals surface area contributed by atoms with Crippen LogP contribution in [0.25, 0.3) is 0 Å². The van der Waals surface area contributed by atoms with Crippen LogP contribution in [-0.2, 0) is 6.42 Å². The Morgan fingerprint density at radius 3 is 2.41 bits per heavy atom. The van der Waals surface area contributed by atoms with Crippen LogP contribution in [0.5, 0.6) is 5.75 Å². The lowest BCUT2D eigenvalue weighted by Crippen LogP contribution is -2.48. The van der Waals surface area contributed by atoms with E-state index in [2.05, 4.69) is 28.1 Å². The highest BCUT2D eigenvalue weighted by Gasteiger charge is 2.19. The number of nitrogens with one attached hydrogen (secondary N) is 1. The summed E-state index contributed by atoms with van der Waals surface area (Å²) >= 11 is 0. The molecule has 1 amide bonds. The molecule has 1 heterocycles. The average molecular weight is 367 g/mol. The molecule has 0 aromatic heterocycles. The predicted octanol–water partition coefficient (Wildman–Crippen LogP) is 2.81. The molecular weight excluding hydrogens is 338 g/mol. The van der Waals surface area contributed by atoms with Gasteiger partial charge in [-0.3, -0.25) is 9.69 Å². The minimum Gasteiger partial charge on any atom is -0.495 e. The van der Waals surface area contributed by atoms with Crippen molar-refractivity contribution in [1.29, 1.82) is 0 Å². The molecule has 2 aromatic carbocycles. The second kappa shape index (κ2) is 9.42. The zero-order chi connectivity index (χ0) is 19.1. The fourth-order valence-electron chi connectivity index (χ4n) is 3.42. The van der Waals surface area contributed by atoms with Gasteiger partial charge in [0, 0.05) is 44.8 Å². The van der Waals surface area contributed by atoms with Crippen molar-refractivity contribution in [2.75, 3.05) is 51.3 Å². The number of piperazine rings is 1. The third kappa shape index (κ3) is 5.01. The maximum atomic E-state index is 12.2. The number of ether oxygens (including phenoxy) is 1. The zero-order valence-electron chi connectivity index (χ0n) is 16.3. The largest absolute Gasteiger partial charge is 0.495 e. The molecule has 27 heavy (non-hydrogen) atoms. The monoisotopic (exact) mass is 367 g/mol. The van der Waals surface area contributed by atoms with E-state index < -0.39 is 0 Å². The van der Waals surface area contributed by atoms with Crippen molar-refractivity contribution < 1.29 is 9.53 Å². The summed E-state index contributed by atoms with van der Waals surface area (Å²) < 4.78 is 5.47. The summed E-state index contributed by atoms with van der Waals surface area (Å²) in [5.41, 5.74) is 3.14. The fourth-order valence-corrected chi connectivity index (χ4v) is 3.42. The molecule has 5 nitrogen and oxygen atoms in total. The molecule has 1 saturated heterocycles. The van der Waals surface area contributed by atoms with Crippen LogP contribution in [0, 0.1) is 0 Å². The van der Waals surface area contributed by atoms with Crippen molar-refractivity contribution in [2.45, 2.75) is 13.3 Å². The SMILES string of the molecule is CCc1ccc(C(=O)NCCN2CCN(c3ccccc3OC)CC2)cc1. The normalized spacial score (nSPS) is 14.8. The van der Waals surface area contributed by atoms with Crippen LogP contribution in [0.2, 0.25) is 0 Å². The highest BCUT2D eigenvalue weighted by molar-refractivity contribution is 5.94. The van der Waals surface area contributed by atoms with Crippen molar-refractivity contribution in [2.24, 2.45) is 0 Å². The number of rotatable bonds is 7. The van der Waals surface area contributed by atoms with Gasteiger partial charge in [-0.25, -0.2) is 0 Å². The lowest BCUT2D eigenvalue weighted by atomic mass is 10.1. The van der Waals surface area contributed by atoms with E-state index in [0.29, 0.717) is 6.54 Å². The maximum Gasteiger partial charge on any atom is 0.251 e. The van der Waals surface area contributed by atoms with Crippen LogP contribution in [-0.4, -0.2) is 57.2 Å². The topological polar surface area (TPSA) is 44.8 Å². The molecule has 0 unspecified atom stereocenters. The first-order chi connectivity index (χ1) is 13.2. The summed E-state index contributed by atoms with van der Waals surface area (Å²) in [6.07, 6.45) is 0.989. The Hall–Kier alpha value is -2.53. The number of benzene rings is 2. The molecule has 0 bridgehead atoms. The molecule has 2 aromatic rings. The second-order valence-corrected chi connectivity index (χ2v) is 6.81. The summed E-state index contributed by atoms with van der Waals surface area (Å²) in [5.74, 6) is 0.928. The number of nitrogens with zero attached hydrogens (tertiary/aromatic N) is 2. The molecule has 1 fully saturated rings. The van der Waals surface area contributed by atoms with Gasteiger partial charge in [0.2, 0.25) is 0 Å². The van der Waals surface area contributed by atoms with Crippen LogP contribution >= 0.6 is 0 Å². The maximum absolute atomic E-state index is 12.2. The molecular formula is C22H29N3O2. The first-order valence-electron chi connectivity index (χ1n) is 9.68. The highest BCUT2D eigenvalue weighted by atomic mass is 16.5. The van der Waals surface area contributed by atoms with E-state index >= 15 is 0 Å². The third-order valence-electron chi connectivity index (χ3n) is 5.14. The standard InChI is InChI=1S/C22H29N3O2/c1-3-18-8-10-19(11-9-18)22(26)23-12-13-24-14-16-25(17-15-24)20-6-4-5-7-21(20)27-2/h4-11H,3,12-17H2,1-2H3,(H,23,26). The van der Waals surface area contributed by atoms with Crippen molar-refractivity contribution in [3.8, 4) is 5.75 Å². The summed E-state index contributed by atoms with van der Waals surface area (Å²) in [5, 5.41) is 3.03. The lowest BCUT2D eigenvalue weighted by molar-refractivity contribution is 0.0947. The summed E-state index contributed by atoms with van der Waals surface area (Å²) in [7, 11) is 1.72. The van der Waals surface area contributed by atoms with Crippen molar-refractivity contribution in [3.05, 3.63) is 59.7 Å². The Kier molecular flexibility index (Phi) is 6.71. The van der Waals surface area contributed by atoms with E-state index in [-0.39, 0.29) is 5.91 Å². The number of hydrogen-bond acceptors (Lipinski definition) is 4. The van der Waals surface area contributed by atoms with Gasteiger partial charge in [0.15, 0.2) is 0 Å². The average Bonchev–Trinajstić information content (AvgIpc) is 2.74. The van der Waals surface area contributed by atoms with Gasteiger partial charge in [-0.2, -0.15) is 0 Å². The van der Waals surface area contributed by atoms with Crippen LogP contribution in [0.3, 0.4) is 0 Å². The van der Waals surface area contributed by atoms with Gasteiger partial charge in [-0.05, 0) is 36.2 Å². The van der Waals surface area contributed by atoms with E-state index in [9.17, 15) is 4.79 Å². The molecule has 0 radical (unpaired) electrons. The van der Waals surface area contributed by atoms with Crippen molar-refractivity contribution in [1.82, 2.24) is 10.2 Å². The predicted molar refractivity (Wildman–Crippen MR) is 110 cm³/mol. The van der Waals surface area contributed by atoms with Gasteiger partial charge in [0.1, 0.15) is 5.75 Å². The molecule has 0 aliphatic carbocycles. The van der Waals surface area contributed by atoms with Gasteiger partial charge in [0.25, 0.3) is 5.91 Å². The summed E-state index contributed by atoms with van der Waals surface area (Å²) in [4.78, 5) is 17.0. The molecule has 5 heteroatoms. The van der Waals surface area contributed by atoms with E-state index in [1.54, 1.807) is 7.11 Å². The number of hydrogen-bond donors (Lipinski definition) is 1. The fraction of sp³-hybridized carbons (Fsp3) is 0.409. The third-order valence-corrected chi connectivity index (χ3v) is 5.14. The molecule has 1 aliphatic rings. The van der Waals surface area contributed by atoms with Gasteiger partial charge < -0.3 is 15.0 Å². The minimum absolute atomic E-state index is 0.00492. The summed E-state index contributed by atoms with van der Waals surface area (Å²) in [6.45, 7) is 7.56. The van der Waals surface area contributed by atoms with E-state index in [1.807, 2.05) is 42.5 Å². The Morgan fingerprint density at radius 2 is 1.74 bits per heavy atom. The van der Waals surface area contributed by atoms with Crippen LogP contribution in [0.15, 0.2) is 48.5 Å². The molecule has 144 valence electrons. The van der Waals surface area contributed by atoms with Gasteiger partial charge >= 0.3 is 0 Å². The Labute approximate surface area is 161 Å². The molecule has 0 atom stereocenters. The number of anilines is 1. The number of aryl methyl sites for hydroxylation is 1. The zero-order valence-corrected chi connectivity index (χ0v) is 16.3. The minimum atomic E-state index is 0.00492. The Bertz CT molecular complexity index is 737. The van der Waals surface area contributed by atoms with E-state index in [4.69, 9.17) is 4.74 Å².